The molecule has 2 aliphatic rings. The lowest BCUT2D eigenvalue weighted by Gasteiger charge is -2.27. The van der Waals surface area contributed by atoms with Crippen LogP contribution in [-0.4, -0.2) is 66.9 Å². The normalized spacial score (nSPS) is 18.0. The van der Waals surface area contributed by atoms with Gasteiger partial charge in [-0.15, -0.1) is 0 Å². The lowest BCUT2D eigenvalue weighted by Crippen LogP contribution is -2.54. The van der Waals surface area contributed by atoms with Crippen molar-refractivity contribution < 1.29 is 33.4 Å². The van der Waals surface area contributed by atoms with Crippen LogP contribution >= 0.6 is 0 Å². The highest BCUT2D eigenvalue weighted by Crippen LogP contribution is 2.32. The Morgan fingerprint density at radius 3 is 2.52 bits per heavy atom. The molecule has 1 atom stereocenters. The zero-order chi connectivity index (χ0) is 24.0. The van der Waals surface area contributed by atoms with Crippen molar-refractivity contribution in [3.63, 3.8) is 0 Å². The standard InChI is InChI=1S/C23H29N3O7/c1-14(2)8-10-32-12-13-33-11-9-19(28)24-16-5-3-4-15-20(16)23(31)26(22(15)30)17-6-7-18(27)25-21(17)29/h3-5,14,17H,6-13H2,1-2H3,(H,24,28)(H,25,27,29). The van der Waals surface area contributed by atoms with Gasteiger partial charge in [-0.2, -0.15) is 0 Å². The van der Waals surface area contributed by atoms with E-state index in [0.29, 0.717) is 25.7 Å². The summed E-state index contributed by atoms with van der Waals surface area (Å²) in [4.78, 5) is 62.6. The molecule has 0 saturated carbocycles. The van der Waals surface area contributed by atoms with Crippen molar-refractivity contribution in [3.8, 4) is 0 Å². The first kappa shape index (κ1) is 24.5. The Kier molecular flexibility index (Phi) is 8.29. The van der Waals surface area contributed by atoms with Crippen LogP contribution in [0.15, 0.2) is 18.2 Å². The predicted octanol–water partition coefficient (Wildman–Crippen LogP) is 1.50. The Morgan fingerprint density at radius 2 is 1.82 bits per heavy atom. The minimum atomic E-state index is -1.06. The Morgan fingerprint density at radius 1 is 1.09 bits per heavy atom. The van der Waals surface area contributed by atoms with Crippen molar-refractivity contribution in [1.29, 1.82) is 0 Å². The Balaban J connectivity index is 1.53. The fourth-order valence-electron chi connectivity index (χ4n) is 3.64. The van der Waals surface area contributed by atoms with E-state index < -0.39 is 29.7 Å². The number of ether oxygens (including phenoxy) is 2. The number of carbonyl (C=O) groups excluding carboxylic acids is 5. The van der Waals surface area contributed by atoms with Crippen LogP contribution in [0.4, 0.5) is 5.69 Å². The fourth-order valence-corrected chi connectivity index (χ4v) is 3.64. The van der Waals surface area contributed by atoms with Crippen LogP contribution in [0.2, 0.25) is 0 Å². The SMILES string of the molecule is CC(C)CCOCCOCCC(=O)Nc1cccc2c1C(=O)N(C1CCC(=O)NC1=O)C2=O. The van der Waals surface area contributed by atoms with Crippen LogP contribution in [0.3, 0.4) is 0 Å². The van der Waals surface area contributed by atoms with Gasteiger partial charge < -0.3 is 14.8 Å². The Hall–Kier alpha value is -3.11. The summed E-state index contributed by atoms with van der Waals surface area (Å²) in [5.41, 5.74) is 0.347. The van der Waals surface area contributed by atoms with E-state index in [1.165, 1.54) is 12.1 Å². The van der Waals surface area contributed by atoms with Gasteiger partial charge in [0.15, 0.2) is 0 Å². The van der Waals surface area contributed by atoms with Crippen molar-refractivity contribution >= 4 is 35.2 Å². The first-order valence-electron chi connectivity index (χ1n) is 11.1. The molecule has 5 amide bonds. The van der Waals surface area contributed by atoms with Gasteiger partial charge in [-0.3, -0.25) is 34.2 Å². The first-order valence-corrected chi connectivity index (χ1v) is 11.1. The number of rotatable bonds is 11. The van der Waals surface area contributed by atoms with Crippen molar-refractivity contribution in [3.05, 3.63) is 29.3 Å². The molecule has 1 unspecified atom stereocenters. The molecule has 2 heterocycles. The number of amides is 5. The third-order valence-corrected chi connectivity index (χ3v) is 5.43. The molecule has 1 saturated heterocycles. The van der Waals surface area contributed by atoms with Gasteiger partial charge in [0.25, 0.3) is 11.8 Å². The second-order valence-electron chi connectivity index (χ2n) is 8.38. The van der Waals surface area contributed by atoms with Gasteiger partial charge in [0.05, 0.1) is 43.1 Å². The van der Waals surface area contributed by atoms with Gasteiger partial charge in [0.1, 0.15) is 6.04 Å². The van der Waals surface area contributed by atoms with Crippen LogP contribution in [0.1, 0.15) is 60.2 Å². The molecule has 0 bridgehead atoms. The monoisotopic (exact) mass is 459 g/mol. The molecule has 1 aromatic carbocycles. The first-order chi connectivity index (χ1) is 15.8. The highest BCUT2D eigenvalue weighted by atomic mass is 16.5. The number of nitrogens with one attached hydrogen (secondary N) is 2. The van der Waals surface area contributed by atoms with E-state index in [-0.39, 0.29) is 48.6 Å². The molecule has 3 rings (SSSR count). The number of imide groups is 2. The summed E-state index contributed by atoms with van der Waals surface area (Å²) < 4.78 is 10.9. The molecule has 1 aromatic rings. The number of hydrogen-bond donors (Lipinski definition) is 2. The molecule has 0 aromatic heterocycles. The molecule has 2 aliphatic heterocycles. The van der Waals surface area contributed by atoms with E-state index in [4.69, 9.17) is 9.47 Å². The predicted molar refractivity (Wildman–Crippen MR) is 117 cm³/mol. The van der Waals surface area contributed by atoms with Gasteiger partial charge in [0.2, 0.25) is 17.7 Å². The van der Waals surface area contributed by atoms with Crippen LogP contribution in [-0.2, 0) is 23.9 Å². The van der Waals surface area contributed by atoms with Gasteiger partial charge in [-0.05, 0) is 30.9 Å². The van der Waals surface area contributed by atoms with Crippen LogP contribution in [0, 0.1) is 5.92 Å². The van der Waals surface area contributed by atoms with Crippen molar-refractivity contribution in [1.82, 2.24) is 10.2 Å². The second kappa shape index (κ2) is 11.2. The van der Waals surface area contributed by atoms with E-state index in [9.17, 15) is 24.0 Å². The average molecular weight is 459 g/mol. The van der Waals surface area contributed by atoms with E-state index in [1.807, 2.05) is 0 Å². The number of nitrogens with zero attached hydrogens (tertiary/aromatic N) is 1. The maximum Gasteiger partial charge on any atom is 0.264 e. The number of anilines is 1. The summed E-state index contributed by atoms with van der Waals surface area (Å²) in [5.74, 6) is -2.21. The molecule has 0 spiro atoms. The fraction of sp³-hybridized carbons (Fsp3) is 0.522. The molecule has 10 nitrogen and oxygen atoms in total. The maximum absolute atomic E-state index is 13.0. The Bertz CT molecular complexity index is 944. The van der Waals surface area contributed by atoms with Gasteiger partial charge in [-0.25, -0.2) is 0 Å². The molecular weight excluding hydrogens is 430 g/mol. The summed E-state index contributed by atoms with van der Waals surface area (Å²) in [7, 11) is 0. The van der Waals surface area contributed by atoms with Crippen molar-refractivity contribution in [2.75, 3.05) is 31.7 Å². The number of carbonyl (C=O) groups is 5. The smallest absolute Gasteiger partial charge is 0.264 e. The van der Waals surface area contributed by atoms with Crippen LogP contribution in [0.25, 0.3) is 0 Å². The highest BCUT2D eigenvalue weighted by molar-refractivity contribution is 6.26. The number of fused-ring (bicyclic) bond motifs is 1. The lowest BCUT2D eigenvalue weighted by atomic mass is 10.0. The van der Waals surface area contributed by atoms with Crippen LogP contribution in [0.5, 0.6) is 0 Å². The molecule has 0 radical (unpaired) electrons. The topological polar surface area (TPSA) is 131 Å². The van der Waals surface area contributed by atoms with E-state index in [0.717, 1.165) is 11.3 Å². The van der Waals surface area contributed by atoms with Crippen molar-refractivity contribution in [2.45, 2.75) is 45.6 Å². The summed E-state index contributed by atoms with van der Waals surface area (Å²) in [6.07, 6.45) is 1.15. The van der Waals surface area contributed by atoms with Gasteiger partial charge in [-0.1, -0.05) is 19.9 Å². The van der Waals surface area contributed by atoms with Gasteiger partial charge in [0, 0.05) is 13.0 Å². The number of piperidine rings is 1. The minimum Gasteiger partial charge on any atom is -0.379 e. The lowest BCUT2D eigenvalue weighted by molar-refractivity contribution is -0.136. The Labute approximate surface area is 192 Å². The van der Waals surface area contributed by atoms with Crippen LogP contribution < -0.4 is 10.6 Å². The maximum atomic E-state index is 13.0. The number of hydrogen-bond acceptors (Lipinski definition) is 7. The molecule has 178 valence electrons. The zero-order valence-corrected chi connectivity index (χ0v) is 18.8. The van der Waals surface area contributed by atoms with E-state index >= 15 is 0 Å². The summed E-state index contributed by atoms with van der Waals surface area (Å²) >= 11 is 0. The van der Waals surface area contributed by atoms with Gasteiger partial charge >= 0.3 is 0 Å². The molecule has 1 fully saturated rings. The number of benzene rings is 1. The summed E-state index contributed by atoms with van der Waals surface area (Å²) in [5, 5.41) is 4.81. The molecule has 0 aliphatic carbocycles. The zero-order valence-electron chi connectivity index (χ0n) is 18.8. The van der Waals surface area contributed by atoms with Crippen molar-refractivity contribution in [2.24, 2.45) is 5.92 Å². The molecule has 10 heteroatoms. The second-order valence-corrected chi connectivity index (χ2v) is 8.38. The highest BCUT2D eigenvalue weighted by Gasteiger charge is 2.45. The van der Waals surface area contributed by atoms with E-state index in [1.54, 1.807) is 6.07 Å². The average Bonchev–Trinajstić information content (AvgIpc) is 3.01. The minimum absolute atomic E-state index is 0.0379. The third kappa shape index (κ3) is 6.02. The van der Waals surface area contributed by atoms with E-state index in [2.05, 4.69) is 24.5 Å². The summed E-state index contributed by atoms with van der Waals surface area (Å²) in [6.45, 7) is 5.92. The summed E-state index contributed by atoms with van der Waals surface area (Å²) in [6, 6.07) is 3.49. The largest absolute Gasteiger partial charge is 0.379 e. The molecule has 2 N–H and O–H groups in total. The third-order valence-electron chi connectivity index (χ3n) is 5.43. The quantitative estimate of drug-likeness (QED) is 0.379. The molecular formula is C23H29N3O7. The molecule has 33 heavy (non-hydrogen) atoms.